The molecule has 0 aliphatic heterocycles. The lowest BCUT2D eigenvalue weighted by Crippen LogP contribution is -2.39. The van der Waals surface area contributed by atoms with Crippen LogP contribution >= 0.6 is 34.8 Å². The van der Waals surface area contributed by atoms with Gasteiger partial charge in [-0.2, -0.15) is 9.41 Å². The number of nitrogens with zero attached hydrogens (tertiary/aromatic N) is 3. The Bertz CT molecular complexity index is 1200. The first kappa shape index (κ1) is 24.2. The summed E-state index contributed by atoms with van der Waals surface area (Å²) >= 11 is 18.3. The van der Waals surface area contributed by atoms with Crippen molar-refractivity contribution in [3.63, 3.8) is 0 Å². The van der Waals surface area contributed by atoms with Crippen molar-refractivity contribution in [1.29, 1.82) is 0 Å². The maximum absolute atomic E-state index is 13.3. The van der Waals surface area contributed by atoms with Gasteiger partial charge in [0, 0.05) is 45.1 Å². The molecule has 1 N–H and O–H groups in total. The number of pyridine rings is 1. The van der Waals surface area contributed by atoms with Crippen molar-refractivity contribution in [3.8, 4) is 0 Å². The van der Waals surface area contributed by atoms with Crippen LogP contribution in [0.5, 0.6) is 0 Å². The van der Waals surface area contributed by atoms with Crippen molar-refractivity contribution in [2.24, 2.45) is 5.10 Å². The van der Waals surface area contributed by atoms with Gasteiger partial charge in [-0.15, -0.1) is 0 Å². The fourth-order valence-corrected chi connectivity index (χ4v) is 4.68. The largest absolute Gasteiger partial charge is 0.272 e. The van der Waals surface area contributed by atoms with Crippen LogP contribution < -0.4 is 5.43 Å². The number of carbonyl (C=O) groups excluding carboxylic acids is 1. The number of benzene rings is 2. The van der Waals surface area contributed by atoms with Crippen molar-refractivity contribution in [2.45, 2.75) is 11.4 Å². The fourth-order valence-electron chi connectivity index (χ4n) is 2.67. The molecule has 32 heavy (non-hydrogen) atoms. The molecule has 2 aromatic carbocycles. The Labute approximate surface area is 200 Å². The number of nitrogens with one attached hydrogen (secondary N) is 1. The number of halogens is 3. The van der Waals surface area contributed by atoms with Gasteiger partial charge in [0.25, 0.3) is 5.91 Å². The average molecular weight is 512 g/mol. The second-order valence-electron chi connectivity index (χ2n) is 6.51. The number of hydrogen-bond acceptors (Lipinski definition) is 5. The summed E-state index contributed by atoms with van der Waals surface area (Å²) in [6, 6.07) is 13.9. The highest BCUT2D eigenvalue weighted by molar-refractivity contribution is 7.89. The third kappa shape index (κ3) is 6.27. The van der Waals surface area contributed by atoms with E-state index in [0.29, 0.717) is 16.1 Å². The number of carbonyl (C=O) groups is 1. The van der Waals surface area contributed by atoms with Crippen LogP contribution in [0.1, 0.15) is 11.1 Å². The van der Waals surface area contributed by atoms with Gasteiger partial charge in [0.05, 0.1) is 17.7 Å². The van der Waals surface area contributed by atoms with Gasteiger partial charge >= 0.3 is 0 Å². The third-order valence-electron chi connectivity index (χ3n) is 4.25. The molecule has 7 nitrogen and oxygen atoms in total. The van der Waals surface area contributed by atoms with Crippen LogP contribution in [0.4, 0.5) is 0 Å². The van der Waals surface area contributed by atoms with Gasteiger partial charge in [-0.1, -0.05) is 46.9 Å². The zero-order valence-electron chi connectivity index (χ0n) is 16.5. The Morgan fingerprint density at radius 2 is 1.72 bits per heavy atom. The minimum Gasteiger partial charge on any atom is -0.272 e. The lowest BCUT2D eigenvalue weighted by Gasteiger charge is -2.22. The molecule has 0 bridgehead atoms. The molecule has 0 aliphatic carbocycles. The van der Waals surface area contributed by atoms with E-state index < -0.39 is 22.5 Å². The van der Waals surface area contributed by atoms with E-state index >= 15 is 0 Å². The average Bonchev–Trinajstić information content (AvgIpc) is 2.76. The lowest BCUT2D eigenvalue weighted by molar-refractivity contribution is -0.121. The van der Waals surface area contributed by atoms with E-state index in [-0.39, 0.29) is 21.5 Å². The molecule has 1 aromatic heterocycles. The predicted molar refractivity (Wildman–Crippen MR) is 125 cm³/mol. The van der Waals surface area contributed by atoms with E-state index in [2.05, 4.69) is 15.5 Å². The number of amides is 1. The molecular weight excluding hydrogens is 495 g/mol. The topological polar surface area (TPSA) is 91.7 Å². The van der Waals surface area contributed by atoms with Gasteiger partial charge in [-0.3, -0.25) is 9.78 Å². The number of aromatic nitrogens is 1. The molecular formula is C21H17Cl3N4O3S. The van der Waals surface area contributed by atoms with Gasteiger partial charge in [0.2, 0.25) is 10.0 Å². The van der Waals surface area contributed by atoms with Crippen molar-refractivity contribution in [2.75, 3.05) is 6.54 Å². The van der Waals surface area contributed by atoms with E-state index in [9.17, 15) is 13.2 Å². The molecule has 0 saturated carbocycles. The summed E-state index contributed by atoms with van der Waals surface area (Å²) in [6.45, 7) is -0.736. The zero-order chi connectivity index (χ0) is 23.1. The minimum absolute atomic E-state index is 0.0308. The van der Waals surface area contributed by atoms with Crippen LogP contribution in [-0.2, 0) is 21.4 Å². The third-order valence-corrected chi connectivity index (χ3v) is 7.02. The Kier molecular flexibility index (Phi) is 8.22. The smallest absolute Gasteiger partial charge is 0.255 e. The molecule has 3 aromatic rings. The van der Waals surface area contributed by atoms with Crippen LogP contribution in [0, 0.1) is 0 Å². The van der Waals surface area contributed by atoms with Crippen molar-refractivity contribution < 1.29 is 13.2 Å². The molecule has 3 rings (SSSR count). The van der Waals surface area contributed by atoms with E-state index in [0.717, 1.165) is 4.31 Å². The maximum Gasteiger partial charge on any atom is 0.255 e. The van der Waals surface area contributed by atoms with Crippen LogP contribution in [0.25, 0.3) is 0 Å². The number of rotatable bonds is 8. The summed E-state index contributed by atoms with van der Waals surface area (Å²) in [5, 5.41) is 4.79. The van der Waals surface area contributed by atoms with E-state index in [1.165, 1.54) is 30.5 Å². The van der Waals surface area contributed by atoms with Crippen LogP contribution in [0.2, 0.25) is 15.1 Å². The molecule has 0 spiro atoms. The van der Waals surface area contributed by atoms with E-state index in [4.69, 9.17) is 34.8 Å². The van der Waals surface area contributed by atoms with E-state index in [1.54, 1.807) is 42.7 Å². The maximum atomic E-state index is 13.3. The highest BCUT2D eigenvalue weighted by Gasteiger charge is 2.28. The Morgan fingerprint density at radius 1 is 1.03 bits per heavy atom. The first-order chi connectivity index (χ1) is 15.3. The molecule has 0 atom stereocenters. The van der Waals surface area contributed by atoms with Gasteiger partial charge < -0.3 is 0 Å². The van der Waals surface area contributed by atoms with Gasteiger partial charge in [0.15, 0.2) is 0 Å². The van der Waals surface area contributed by atoms with Crippen LogP contribution in [0.15, 0.2) is 77.0 Å². The summed E-state index contributed by atoms with van der Waals surface area (Å²) < 4.78 is 27.5. The number of sulfonamides is 1. The Balaban J connectivity index is 1.85. The summed E-state index contributed by atoms with van der Waals surface area (Å²) in [6.07, 6.45) is 4.56. The summed E-state index contributed by atoms with van der Waals surface area (Å²) in [4.78, 5) is 16.4. The highest BCUT2D eigenvalue weighted by Crippen LogP contribution is 2.28. The lowest BCUT2D eigenvalue weighted by atomic mass is 10.2. The van der Waals surface area contributed by atoms with Crippen molar-refractivity contribution in [3.05, 3.63) is 93.2 Å². The van der Waals surface area contributed by atoms with Gasteiger partial charge in [0.1, 0.15) is 0 Å². The van der Waals surface area contributed by atoms with Gasteiger partial charge in [-0.25, -0.2) is 13.8 Å². The molecule has 1 heterocycles. The Hall–Kier alpha value is -2.49. The molecule has 11 heteroatoms. The van der Waals surface area contributed by atoms with Crippen molar-refractivity contribution in [1.82, 2.24) is 14.7 Å². The summed E-state index contributed by atoms with van der Waals surface area (Å²) in [5.74, 6) is -0.647. The SMILES string of the molecule is O=C(CN(Cc1c(Cl)cccc1Cl)S(=O)(=O)c1ccc(Cl)cc1)N/N=C/c1cccnc1. The van der Waals surface area contributed by atoms with Gasteiger partial charge in [-0.05, 0) is 42.5 Å². The predicted octanol–water partition coefficient (Wildman–Crippen LogP) is 4.38. The fraction of sp³-hybridized carbons (Fsp3) is 0.0952. The normalized spacial score (nSPS) is 11.8. The summed E-state index contributed by atoms with van der Waals surface area (Å²) in [7, 11) is -4.09. The molecule has 0 saturated heterocycles. The molecule has 0 unspecified atom stereocenters. The van der Waals surface area contributed by atoms with Crippen LogP contribution in [0.3, 0.4) is 0 Å². The zero-order valence-corrected chi connectivity index (χ0v) is 19.5. The second kappa shape index (κ2) is 10.9. The van der Waals surface area contributed by atoms with Crippen LogP contribution in [-0.4, -0.2) is 36.4 Å². The first-order valence-corrected chi connectivity index (χ1v) is 11.8. The monoisotopic (exact) mass is 510 g/mol. The molecule has 0 radical (unpaired) electrons. The molecule has 0 aliphatic rings. The number of hydrogen-bond donors (Lipinski definition) is 1. The highest BCUT2D eigenvalue weighted by atomic mass is 35.5. The second-order valence-corrected chi connectivity index (χ2v) is 9.70. The minimum atomic E-state index is -4.09. The quantitative estimate of drug-likeness (QED) is 0.359. The molecule has 1 amide bonds. The summed E-state index contributed by atoms with van der Waals surface area (Å²) in [5.41, 5.74) is 3.36. The first-order valence-electron chi connectivity index (χ1n) is 9.18. The van der Waals surface area contributed by atoms with Crippen molar-refractivity contribution >= 4 is 56.9 Å². The molecule has 166 valence electrons. The van der Waals surface area contributed by atoms with E-state index in [1.807, 2.05) is 0 Å². The Morgan fingerprint density at radius 3 is 2.34 bits per heavy atom. The number of hydrazone groups is 1. The molecule has 0 fully saturated rings. The standard InChI is InChI=1S/C21H17Cl3N4O3S/c22-16-6-8-17(9-7-16)32(30,31)28(13-18-19(23)4-1-5-20(18)24)14-21(29)27-26-12-15-3-2-10-25-11-15/h1-12H,13-14H2,(H,27,29)/b26-12+.